The van der Waals surface area contributed by atoms with Crippen LogP contribution in [0.15, 0.2) is 35.6 Å². The SMILES string of the molecule is CN=C(NCc1ncnn1C)N1CCc2ccccc2C1.I. The number of aliphatic imine (C=N–C) groups is 1. The Morgan fingerprint density at radius 2 is 2.09 bits per heavy atom. The average Bonchev–Trinajstić information content (AvgIpc) is 2.93. The van der Waals surface area contributed by atoms with Gasteiger partial charge in [-0.05, 0) is 17.5 Å². The third-order valence-electron chi connectivity index (χ3n) is 3.85. The fourth-order valence-electron chi connectivity index (χ4n) is 2.65. The van der Waals surface area contributed by atoms with Gasteiger partial charge < -0.3 is 10.2 Å². The Hall–Kier alpha value is -1.64. The van der Waals surface area contributed by atoms with Gasteiger partial charge in [0, 0.05) is 27.2 Å². The molecule has 0 spiro atoms. The summed E-state index contributed by atoms with van der Waals surface area (Å²) in [6.07, 6.45) is 2.62. The zero-order valence-corrected chi connectivity index (χ0v) is 15.2. The van der Waals surface area contributed by atoms with Gasteiger partial charge in [0.2, 0.25) is 0 Å². The van der Waals surface area contributed by atoms with Gasteiger partial charge in [-0.15, -0.1) is 24.0 Å². The van der Waals surface area contributed by atoms with Crippen LogP contribution in [0.5, 0.6) is 0 Å². The predicted octanol–water partition coefficient (Wildman–Crippen LogP) is 1.57. The van der Waals surface area contributed by atoms with Crippen LogP contribution >= 0.6 is 24.0 Å². The molecule has 2 aromatic rings. The minimum Gasteiger partial charge on any atom is -0.349 e. The van der Waals surface area contributed by atoms with Crippen LogP contribution in [0.4, 0.5) is 0 Å². The number of aryl methyl sites for hydroxylation is 1. The summed E-state index contributed by atoms with van der Waals surface area (Å²) >= 11 is 0. The van der Waals surface area contributed by atoms with Crippen LogP contribution in [-0.2, 0) is 26.6 Å². The first kappa shape index (κ1) is 16.7. The van der Waals surface area contributed by atoms with E-state index >= 15 is 0 Å². The van der Waals surface area contributed by atoms with Crippen molar-refractivity contribution < 1.29 is 0 Å². The highest BCUT2D eigenvalue weighted by Gasteiger charge is 2.18. The van der Waals surface area contributed by atoms with Gasteiger partial charge in [0.1, 0.15) is 12.2 Å². The molecule has 0 bridgehead atoms. The fraction of sp³-hybridized carbons (Fsp3) is 0.400. The number of rotatable bonds is 2. The zero-order valence-electron chi connectivity index (χ0n) is 12.9. The normalized spacial score (nSPS) is 14.3. The first-order valence-corrected chi connectivity index (χ1v) is 7.13. The first-order valence-electron chi connectivity index (χ1n) is 7.13. The molecule has 6 nitrogen and oxygen atoms in total. The van der Waals surface area contributed by atoms with E-state index in [-0.39, 0.29) is 24.0 Å². The van der Waals surface area contributed by atoms with E-state index in [2.05, 4.69) is 49.6 Å². The summed E-state index contributed by atoms with van der Waals surface area (Å²) in [6.45, 7) is 2.51. The second kappa shape index (κ2) is 7.57. The maximum Gasteiger partial charge on any atom is 0.194 e. The lowest BCUT2D eigenvalue weighted by Gasteiger charge is -2.31. The third-order valence-corrected chi connectivity index (χ3v) is 3.85. The molecule has 0 atom stereocenters. The summed E-state index contributed by atoms with van der Waals surface area (Å²) in [7, 11) is 3.71. The summed E-state index contributed by atoms with van der Waals surface area (Å²) in [6, 6.07) is 8.60. The van der Waals surface area contributed by atoms with Crippen molar-refractivity contribution in [1.82, 2.24) is 25.0 Å². The van der Waals surface area contributed by atoms with Gasteiger partial charge >= 0.3 is 0 Å². The van der Waals surface area contributed by atoms with E-state index in [0.717, 1.165) is 31.3 Å². The molecule has 3 rings (SSSR count). The molecule has 0 saturated carbocycles. The second-order valence-electron chi connectivity index (χ2n) is 5.14. The molecule has 118 valence electrons. The maximum absolute atomic E-state index is 4.39. The molecular formula is C15H21IN6. The summed E-state index contributed by atoms with van der Waals surface area (Å²) in [4.78, 5) is 10.9. The number of fused-ring (bicyclic) bond motifs is 1. The van der Waals surface area contributed by atoms with Crippen molar-refractivity contribution in [3.8, 4) is 0 Å². The van der Waals surface area contributed by atoms with Gasteiger partial charge in [-0.2, -0.15) is 5.10 Å². The molecule has 0 fully saturated rings. The van der Waals surface area contributed by atoms with Gasteiger partial charge in [-0.3, -0.25) is 9.67 Å². The van der Waals surface area contributed by atoms with Crippen molar-refractivity contribution in [3.63, 3.8) is 0 Å². The van der Waals surface area contributed by atoms with Gasteiger partial charge in [-0.25, -0.2) is 4.98 Å². The van der Waals surface area contributed by atoms with E-state index in [9.17, 15) is 0 Å². The number of hydrogen-bond donors (Lipinski definition) is 1. The minimum atomic E-state index is 0. The number of nitrogens with one attached hydrogen (secondary N) is 1. The molecule has 1 aromatic carbocycles. The van der Waals surface area contributed by atoms with Crippen LogP contribution in [0.25, 0.3) is 0 Å². The molecule has 0 aliphatic carbocycles. The molecule has 0 saturated heterocycles. The second-order valence-corrected chi connectivity index (χ2v) is 5.14. The number of halogens is 1. The quantitative estimate of drug-likeness (QED) is 0.462. The van der Waals surface area contributed by atoms with Crippen molar-refractivity contribution in [2.45, 2.75) is 19.5 Å². The van der Waals surface area contributed by atoms with E-state index < -0.39 is 0 Å². The molecule has 1 aliphatic rings. The number of aromatic nitrogens is 3. The zero-order chi connectivity index (χ0) is 14.7. The lowest BCUT2D eigenvalue weighted by atomic mass is 10.0. The molecule has 0 amide bonds. The lowest BCUT2D eigenvalue weighted by Crippen LogP contribution is -2.44. The first-order chi connectivity index (χ1) is 10.3. The van der Waals surface area contributed by atoms with Crippen molar-refractivity contribution >= 4 is 29.9 Å². The number of hydrogen-bond acceptors (Lipinski definition) is 3. The lowest BCUT2D eigenvalue weighted by molar-refractivity contribution is 0.377. The van der Waals surface area contributed by atoms with E-state index in [0.29, 0.717) is 6.54 Å². The molecule has 0 radical (unpaired) electrons. The van der Waals surface area contributed by atoms with Crippen molar-refractivity contribution in [2.75, 3.05) is 13.6 Å². The van der Waals surface area contributed by atoms with Crippen LogP contribution < -0.4 is 5.32 Å². The molecule has 7 heteroatoms. The Morgan fingerprint density at radius 3 is 2.77 bits per heavy atom. The van der Waals surface area contributed by atoms with Crippen LogP contribution in [0.3, 0.4) is 0 Å². The Balaban J connectivity index is 0.00000176. The third kappa shape index (κ3) is 3.57. The molecule has 1 N–H and O–H groups in total. The minimum absolute atomic E-state index is 0. The number of benzene rings is 1. The monoisotopic (exact) mass is 412 g/mol. The highest BCUT2D eigenvalue weighted by Crippen LogP contribution is 2.18. The number of nitrogens with zero attached hydrogens (tertiary/aromatic N) is 5. The van der Waals surface area contributed by atoms with Crippen molar-refractivity contribution in [2.24, 2.45) is 12.0 Å². The van der Waals surface area contributed by atoms with Crippen LogP contribution in [0.2, 0.25) is 0 Å². The topological polar surface area (TPSA) is 58.3 Å². The van der Waals surface area contributed by atoms with Crippen molar-refractivity contribution in [3.05, 3.63) is 47.5 Å². The Bertz CT molecular complexity index is 651. The van der Waals surface area contributed by atoms with Gasteiger partial charge in [0.15, 0.2) is 5.96 Å². The summed E-state index contributed by atoms with van der Waals surface area (Å²) in [5.41, 5.74) is 2.82. The van der Waals surface area contributed by atoms with Crippen LogP contribution in [0.1, 0.15) is 17.0 Å². The smallest absolute Gasteiger partial charge is 0.194 e. The van der Waals surface area contributed by atoms with Crippen molar-refractivity contribution in [1.29, 1.82) is 0 Å². The highest BCUT2D eigenvalue weighted by atomic mass is 127. The predicted molar refractivity (Wildman–Crippen MR) is 97.2 cm³/mol. The Morgan fingerprint density at radius 1 is 1.32 bits per heavy atom. The van der Waals surface area contributed by atoms with E-state index in [1.165, 1.54) is 11.1 Å². The maximum atomic E-state index is 4.39. The molecule has 1 aliphatic heterocycles. The fourth-order valence-corrected chi connectivity index (χ4v) is 2.65. The standard InChI is InChI=1S/C15H20N6.HI/c1-16-15(17-9-14-18-11-19-20(14)2)21-8-7-12-5-3-4-6-13(12)10-21;/h3-6,11H,7-10H2,1-2H3,(H,16,17);1H. The van der Waals surface area contributed by atoms with Gasteiger partial charge in [0.05, 0.1) is 6.54 Å². The summed E-state index contributed by atoms with van der Waals surface area (Å²) in [5, 5.41) is 7.44. The van der Waals surface area contributed by atoms with E-state index in [4.69, 9.17) is 0 Å². The Labute approximate surface area is 147 Å². The summed E-state index contributed by atoms with van der Waals surface area (Å²) in [5.74, 6) is 1.81. The largest absolute Gasteiger partial charge is 0.349 e. The molecular weight excluding hydrogens is 391 g/mol. The molecule has 2 heterocycles. The Kier molecular flexibility index (Phi) is 5.76. The van der Waals surface area contributed by atoms with Crippen LogP contribution in [-0.4, -0.2) is 39.2 Å². The molecule has 1 aromatic heterocycles. The van der Waals surface area contributed by atoms with Gasteiger partial charge in [-0.1, -0.05) is 24.3 Å². The van der Waals surface area contributed by atoms with Crippen LogP contribution in [0, 0.1) is 0 Å². The van der Waals surface area contributed by atoms with Gasteiger partial charge in [0.25, 0.3) is 0 Å². The average molecular weight is 412 g/mol. The van der Waals surface area contributed by atoms with E-state index in [1.807, 2.05) is 14.1 Å². The highest BCUT2D eigenvalue weighted by molar-refractivity contribution is 14.0. The van der Waals surface area contributed by atoms with E-state index in [1.54, 1.807) is 11.0 Å². The molecule has 22 heavy (non-hydrogen) atoms. The number of guanidine groups is 1. The molecule has 0 unspecified atom stereocenters. The summed E-state index contributed by atoms with van der Waals surface area (Å²) < 4.78 is 1.77.